The van der Waals surface area contributed by atoms with Crippen molar-refractivity contribution in [3.63, 3.8) is 0 Å². The first-order valence-corrected chi connectivity index (χ1v) is 10.4. The summed E-state index contributed by atoms with van der Waals surface area (Å²) in [5.74, 6) is 0.663. The number of nitrogens with one attached hydrogen (secondary N) is 1. The Balaban J connectivity index is 2.01. The summed E-state index contributed by atoms with van der Waals surface area (Å²) in [6, 6.07) is 7.92. The van der Waals surface area contributed by atoms with Gasteiger partial charge >= 0.3 is 17.1 Å². The third-order valence-electron chi connectivity index (χ3n) is 4.68. The van der Waals surface area contributed by atoms with Gasteiger partial charge in [0.25, 0.3) is 0 Å². The Labute approximate surface area is 162 Å². The summed E-state index contributed by atoms with van der Waals surface area (Å²) < 4.78 is 8.18. The molecular formula is C19H23N4O4P. The molecule has 8 nitrogen and oxygen atoms in total. The molecule has 1 atom stereocenters. The largest absolute Gasteiger partial charge is 0.467 e. The first-order chi connectivity index (χ1) is 13.4. The Morgan fingerprint density at radius 2 is 1.96 bits per heavy atom. The lowest BCUT2D eigenvalue weighted by atomic mass is 10.0. The fourth-order valence-electron chi connectivity index (χ4n) is 3.08. The summed E-state index contributed by atoms with van der Waals surface area (Å²) in [7, 11) is 0.188. The van der Waals surface area contributed by atoms with Gasteiger partial charge in [-0.2, -0.15) is 0 Å². The van der Waals surface area contributed by atoms with Gasteiger partial charge in [-0.15, -0.1) is 0 Å². The maximum absolute atomic E-state index is 12.3. The second kappa shape index (κ2) is 8.02. The third-order valence-corrected chi connectivity index (χ3v) is 6.61. The highest BCUT2D eigenvalue weighted by Gasteiger charge is 2.29. The lowest BCUT2D eigenvalue weighted by molar-refractivity contribution is 0.483. The summed E-state index contributed by atoms with van der Waals surface area (Å²) in [5.41, 5.74) is 6.77. The Morgan fingerprint density at radius 3 is 2.64 bits per heavy atom. The number of allylic oxidation sites excluding steroid dienone is 3. The number of hydrogen-bond acceptors (Lipinski definition) is 5. The van der Waals surface area contributed by atoms with Crippen molar-refractivity contribution in [3.05, 3.63) is 78.8 Å². The molecule has 2 heterocycles. The Bertz CT molecular complexity index is 1140. The fourth-order valence-corrected chi connectivity index (χ4v) is 5.04. The van der Waals surface area contributed by atoms with E-state index >= 15 is 0 Å². The lowest BCUT2D eigenvalue weighted by Crippen LogP contribution is -2.48. The second-order valence-corrected chi connectivity index (χ2v) is 8.22. The molecule has 1 aromatic heterocycles. The van der Waals surface area contributed by atoms with Crippen LogP contribution >= 0.6 is 8.15 Å². The van der Waals surface area contributed by atoms with E-state index in [1.54, 1.807) is 0 Å². The van der Waals surface area contributed by atoms with Gasteiger partial charge in [-0.1, -0.05) is 37.3 Å². The van der Waals surface area contributed by atoms with Crippen LogP contribution in [0.4, 0.5) is 0 Å². The maximum atomic E-state index is 12.3. The summed E-state index contributed by atoms with van der Waals surface area (Å²) >= 11 is 0. The van der Waals surface area contributed by atoms with Gasteiger partial charge in [0.05, 0.1) is 5.70 Å². The standard InChI is InChI=1S/C19H23N4O4P/c1-4-12-13-8-6-7-9-15(13)28(27-16(12)14(20)5-2)11-10-23-18(25)21-17(24)22(3)19(23)26/h4,6-9H,5,10-11,20H2,1-3H3,(H,21,24,25)/b12-4-,16-14-. The molecule has 0 radical (unpaired) electrons. The van der Waals surface area contributed by atoms with Gasteiger partial charge in [-0.05, 0) is 18.9 Å². The van der Waals surface area contributed by atoms with Crippen LogP contribution in [0.2, 0.25) is 0 Å². The molecule has 148 valence electrons. The number of fused-ring (bicyclic) bond motifs is 1. The molecule has 9 heteroatoms. The molecule has 1 aliphatic heterocycles. The van der Waals surface area contributed by atoms with E-state index in [1.807, 2.05) is 44.2 Å². The van der Waals surface area contributed by atoms with E-state index in [0.29, 0.717) is 24.0 Å². The predicted octanol–water partition coefficient (Wildman–Crippen LogP) is 0.972. The summed E-state index contributed by atoms with van der Waals surface area (Å²) in [4.78, 5) is 38.1. The molecule has 3 N–H and O–H groups in total. The van der Waals surface area contributed by atoms with Gasteiger partial charge in [0.2, 0.25) is 0 Å². The minimum Gasteiger partial charge on any atom is -0.467 e. The molecule has 0 fully saturated rings. The molecule has 0 bridgehead atoms. The van der Waals surface area contributed by atoms with Crippen molar-refractivity contribution in [2.75, 3.05) is 6.16 Å². The molecule has 1 aromatic carbocycles. The zero-order chi connectivity index (χ0) is 20.4. The highest BCUT2D eigenvalue weighted by atomic mass is 31.1. The van der Waals surface area contributed by atoms with E-state index in [-0.39, 0.29) is 6.54 Å². The average Bonchev–Trinajstić information content (AvgIpc) is 2.70. The Hall–Kier alpha value is -2.86. The van der Waals surface area contributed by atoms with Crippen molar-refractivity contribution in [2.24, 2.45) is 12.8 Å². The van der Waals surface area contributed by atoms with Gasteiger partial charge in [0.1, 0.15) is 13.9 Å². The van der Waals surface area contributed by atoms with Gasteiger partial charge in [-0.3, -0.25) is 4.98 Å². The second-order valence-electron chi connectivity index (χ2n) is 6.35. The molecule has 2 aromatic rings. The molecular weight excluding hydrogens is 379 g/mol. The van der Waals surface area contributed by atoms with Crippen LogP contribution < -0.4 is 28.1 Å². The summed E-state index contributed by atoms with van der Waals surface area (Å²) in [6.45, 7) is 4.04. The molecule has 1 aliphatic rings. The van der Waals surface area contributed by atoms with Crippen LogP contribution in [0, 0.1) is 0 Å². The number of rotatable bonds is 4. The van der Waals surface area contributed by atoms with Crippen molar-refractivity contribution >= 4 is 19.0 Å². The van der Waals surface area contributed by atoms with Crippen LogP contribution in [0.3, 0.4) is 0 Å². The minimum atomic E-state index is -1.14. The van der Waals surface area contributed by atoms with Crippen LogP contribution in [-0.4, -0.2) is 20.3 Å². The number of aromatic nitrogens is 3. The van der Waals surface area contributed by atoms with Crippen molar-refractivity contribution in [2.45, 2.75) is 26.8 Å². The maximum Gasteiger partial charge on any atom is 0.336 e. The number of aromatic amines is 1. The normalized spacial score (nSPS) is 19.2. The molecule has 0 saturated heterocycles. The van der Waals surface area contributed by atoms with Crippen LogP contribution in [0.25, 0.3) is 5.57 Å². The van der Waals surface area contributed by atoms with E-state index in [0.717, 1.165) is 25.6 Å². The molecule has 0 saturated carbocycles. The van der Waals surface area contributed by atoms with E-state index < -0.39 is 25.2 Å². The fraction of sp³-hybridized carbons (Fsp3) is 0.316. The minimum absolute atomic E-state index is 0.132. The zero-order valence-electron chi connectivity index (χ0n) is 16.1. The van der Waals surface area contributed by atoms with Crippen LogP contribution in [0.5, 0.6) is 0 Å². The highest BCUT2D eigenvalue weighted by Crippen LogP contribution is 2.48. The van der Waals surface area contributed by atoms with Crippen molar-refractivity contribution in [1.82, 2.24) is 14.1 Å². The predicted molar refractivity (Wildman–Crippen MR) is 111 cm³/mol. The van der Waals surface area contributed by atoms with Crippen LogP contribution in [0.1, 0.15) is 25.8 Å². The zero-order valence-corrected chi connectivity index (χ0v) is 17.0. The number of nitrogens with zero attached hydrogens (tertiary/aromatic N) is 2. The number of benzene rings is 1. The molecule has 3 rings (SSSR count). The van der Waals surface area contributed by atoms with Gasteiger partial charge < -0.3 is 10.3 Å². The summed E-state index contributed by atoms with van der Waals surface area (Å²) in [6.07, 6.45) is 3.06. The molecule has 0 amide bonds. The number of nitrogens with two attached hydrogens (primary N) is 1. The summed E-state index contributed by atoms with van der Waals surface area (Å²) in [5, 5.41) is 1.03. The van der Waals surface area contributed by atoms with Gasteiger partial charge in [0.15, 0.2) is 0 Å². The lowest BCUT2D eigenvalue weighted by Gasteiger charge is -2.31. The van der Waals surface area contributed by atoms with Crippen molar-refractivity contribution in [1.29, 1.82) is 0 Å². The van der Waals surface area contributed by atoms with E-state index in [1.165, 1.54) is 7.05 Å². The first-order valence-electron chi connectivity index (χ1n) is 8.99. The molecule has 0 spiro atoms. The van der Waals surface area contributed by atoms with Crippen LogP contribution in [0.15, 0.2) is 56.2 Å². The third kappa shape index (κ3) is 3.47. The van der Waals surface area contributed by atoms with Crippen LogP contribution in [-0.2, 0) is 18.1 Å². The van der Waals surface area contributed by atoms with E-state index in [9.17, 15) is 14.4 Å². The van der Waals surface area contributed by atoms with Crippen molar-refractivity contribution < 1.29 is 4.52 Å². The smallest absolute Gasteiger partial charge is 0.336 e. The Morgan fingerprint density at radius 1 is 1.25 bits per heavy atom. The van der Waals surface area contributed by atoms with E-state index in [4.69, 9.17) is 10.3 Å². The molecule has 1 unspecified atom stereocenters. The number of hydrogen-bond donors (Lipinski definition) is 2. The van der Waals surface area contributed by atoms with Gasteiger partial charge in [-0.25, -0.2) is 23.5 Å². The average molecular weight is 402 g/mol. The highest BCUT2D eigenvalue weighted by molar-refractivity contribution is 7.61. The SMILES string of the molecule is C/C=C1\C(=C(\N)CC)OP(CCn2c(=O)[nH]c(=O)n(C)c2=O)c2ccccc21. The molecule has 0 aliphatic carbocycles. The number of H-pyrrole nitrogens is 1. The Kier molecular flexibility index (Phi) is 5.70. The van der Waals surface area contributed by atoms with E-state index in [2.05, 4.69) is 4.98 Å². The van der Waals surface area contributed by atoms with Crippen molar-refractivity contribution in [3.8, 4) is 0 Å². The first kappa shape index (κ1) is 19.9. The topological polar surface area (TPSA) is 112 Å². The monoisotopic (exact) mass is 402 g/mol. The molecule has 28 heavy (non-hydrogen) atoms. The van der Waals surface area contributed by atoms with Gasteiger partial charge in [0, 0.05) is 30.6 Å². The quantitative estimate of drug-likeness (QED) is 0.741.